The Hall–Kier alpha value is -4.76. The second-order valence-corrected chi connectivity index (χ2v) is 11.3. The highest BCUT2D eigenvalue weighted by molar-refractivity contribution is 7.86. The van der Waals surface area contributed by atoms with E-state index in [4.69, 9.17) is 9.47 Å². The second-order valence-electron chi connectivity index (χ2n) is 8.52. The van der Waals surface area contributed by atoms with E-state index in [9.17, 15) is 25.9 Å². The van der Waals surface area contributed by atoms with Crippen LogP contribution >= 0.6 is 0 Å². The van der Waals surface area contributed by atoms with E-state index in [0.29, 0.717) is 22.9 Å². The highest BCUT2D eigenvalue weighted by Gasteiger charge is 2.17. The highest BCUT2D eigenvalue weighted by atomic mass is 32.2. The molecular weight excluding hydrogens is 584 g/mol. The molecule has 4 aromatic carbocycles. The Morgan fingerprint density at radius 1 is 0.524 bits per heavy atom. The summed E-state index contributed by atoms with van der Waals surface area (Å²) in [4.78, 5) is -0.966. The van der Waals surface area contributed by atoms with Crippen LogP contribution in [0.25, 0.3) is 12.2 Å². The van der Waals surface area contributed by atoms with E-state index in [2.05, 4.69) is 20.5 Å². The maximum Gasteiger partial charge on any atom is 0.295 e. The zero-order valence-corrected chi connectivity index (χ0v) is 23.8. The minimum absolute atomic E-state index is 0.0328. The van der Waals surface area contributed by atoms with Crippen LogP contribution in [0.2, 0.25) is 0 Å². The number of azo groups is 2. The number of rotatable bonds is 10. The lowest BCUT2D eigenvalue weighted by Gasteiger charge is -2.06. The van der Waals surface area contributed by atoms with Crippen LogP contribution in [0.3, 0.4) is 0 Å². The number of ether oxygens (including phenoxy) is 2. The van der Waals surface area contributed by atoms with E-state index in [-0.39, 0.29) is 22.5 Å². The molecule has 0 spiro atoms. The Morgan fingerprint density at radius 3 is 1.14 bits per heavy atom. The first-order valence-electron chi connectivity index (χ1n) is 12.0. The summed E-state index contributed by atoms with van der Waals surface area (Å²) in [7, 11) is -6.36. The minimum Gasteiger partial charge on any atom is -0.497 e. The number of nitrogens with zero attached hydrogens (tertiary/aromatic N) is 4. The molecule has 42 heavy (non-hydrogen) atoms. The summed E-state index contributed by atoms with van der Waals surface area (Å²) in [6.07, 6.45) is 2.55. The summed E-state index contributed by atoms with van der Waals surface area (Å²) in [5.74, 6) is 1.26. The van der Waals surface area contributed by atoms with Gasteiger partial charge in [-0.1, -0.05) is 24.3 Å². The molecule has 0 radical (unpaired) electrons. The van der Waals surface area contributed by atoms with Gasteiger partial charge in [0.2, 0.25) is 0 Å². The van der Waals surface area contributed by atoms with Gasteiger partial charge in [0.05, 0.1) is 37.0 Å². The molecule has 0 aromatic heterocycles. The zero-order valence-electron chi connectivity index (χ0n) is 22.2. The molecule has 14 heteroatoms. The molecule has 4 aromatic rings. The van der Waals surface area contributed by atoms with E-state index in [1.165, 1.54) is 50.6 Å². The van der Waals surface area contributed by atoms with Crippen LogP contribution in [0, 0.1) is 0 Å². The van der Waals surface area contributed by atoms with Gasteiger partial charge in [-0.15, -0.1) is 0 Å². The first kappa shape index (κ1) is 30.2. The molecule has 216 valence electrons. The van der Waals surface area contributed by atoms with Gasteiger partial charge in [0.15, 0.2) is 0 Å². The van der Waals surface area contributed by atoms with Gasteiger partial charge in [-0.2, -0.15) is 37.3 Å². The average Bonchev–Trinajstić information content (AvgIpc) is 2.98. The van der Waals surface area contributed by atoms with Crippen LogP contribution in [0.5, 0.6) is 11.5 Å². The van der Waals surface area contributed by atoms with E-state index in [1.807, 2.05) is 0 Å². The third kappa shape index (κ3) is 7.92. The van der Waals surface area contributed by atoms with E-state index < -0.39 is 30.0 Å². The standard InChI is InChI=1S/C28H24N4O8S2/c1-39-25-13-9-21(10-14-25)29-31-23-7-5-19(27(17-23)41(33,34)35)3-4-20-6-8-24(18-28(20)42(36,37)38)32-30-22-11-15-26(40-2)16-12-22/h3-18H,1-2H3,(H,33,34,35)(H,36,37,38)/b4-3+,31-29?,32-30?. The molecule has 0 amide bonds. The fourth-order valence-electron chi connectivity index (χ4n) is 3.60. The molecule has 0 heterocycles. The summed E-state index contributed by atoms with van der Waals surface area (Å²) < 4.78 is 78.3. The molecule has 4 rings (SSSR count). The van der Waals surface area contributed by atoms with Gasteiger partial charge in [0, 0.05) is 0 Å². The fraction of sp³-hybridized carbons (Fsp3) is 0.0714. The zero-order chi connectivity index (χ0) is 30.3. The van der Waals surface area contributed by atoms with Crippen molar-refractivity contribution in [3.63, 3.8) is 0 Å². The Labute approximate surface area is 242 Å². The van der Waals surface area contributed by atoms with Crippen molar-refractivity contribution < 1.29 is 35.4 Å². The summed E-state index contributed by atoms with van der Waals surface area (Å²) in [6, 6.07) is 21.3. The maximum atomic E-state index is 12.1. The van der Waals surface area contributed by atoms with Crippen LogP contribution in [-0.4, -0.2) is 40.2 Å². The summed E-state index contributed by atoms with van der Waals surface area (Å²) in [5, 5.41) is 16.1. The van der Waals surface area contributed by atoms with Gasteiger partial charge < -0.3 is 9.47 Å². The monoisotopic (exact) mass is 608 g/mol. The third-order valence-electron chi connectivity index (χ3n) is 5.70. The van der Waals surface area contributed by atoms with Crippen LogP contribution in [-0.2, 0) is 20.2 Å². The van der Waals surface area contributed by atoms with Crippen LogP contribution < -0.4 is 9.47 Å². The van der Waals surface area contributed by atoms with E-state index in [0.717, 1.165) is 12.1 Å². The lowest BCUT2D eigenvalue weighted by molar-refractivity contribution is 0.414. The van der Waals surface area contributed by atoms with Crippen molar-refractivity contribution in [2.75, 3.05) is 14.2 Å². The van der Waals surface area contributed by atoms with Crippen LogP contribution in [0.4, 0.5) is 22.7 Å². The van der Waals surface area contributed by atoms with Crippen molar-refractivity contribution in [2.24, 2.45) is 20.5 Å². The minimum atomic E-state index is -4.71. The predicted octanol–water partition coefficient (Wildman–Crippen LogP) is 7.20. The van der Waals surface area contributed by atoms with Crippen molar-refractivity contribution in [3.05, 3.63) is 96.1 Å². The SMILES string of the molecule is COc1ccc(N=Nc2ccc(/C=C/c3ccc(N=Nc4ccc(OC)cc4)cc3S(=O)(=O)O)c(S(=O)(=O)O)c2)cc1. The Kier molecular flexibility index (Phi) is 9.22. The van der Waals surface area contributed by atoms with Gasteiger partial charge in [0.1, 0.15) is 21.3 Å². The van der Waals surface area contributed by atoms with Crippen molar-refractivity contribution in [1.29, 1.82) is 0 Å². The van der Waals surface area contributed by atoms with Gasteiger partial charge in [-0.3, -0.25) is 9.11 Å². The second kappa shape index (κ2) is 12.8. The fourth-order valence-corrected chi connectivity index (χ4v) is 5.01. The lowest BCUT2D eigenvalue weighted by Crippen LogP contribution is -2.01. The van der Waals surface area contributed by atoms with Crippen molar-refractivity contribution >= 4 is 55.1 Å². The van der Waals surface area contributed by atoms with Gasteiger partial charge in [-0.25, -0.2) is 0 Å². The first-order valence-corrected chi connectivity index (χ1v) is 14.9. The van der Waals surface area contributed by atoms with Crippen molar-refractivity contribution in [3.8, 4) is 11.5 Å². The number of benzene rings is 4. The summed E-state index contributed by atoms with van der Waals surface area (Å²) >= 11 is 0. The molecule has 0 unspecified atom stereocenters. The summed E-state index contributed by atoms with van der Waals surface area (Å²) in [5.41, 5.74) is 1.31. The molecule has 12 nitrogen and oxygen atoms in total. The van der Waals surface area contributed by atoms with Gasteiger partial charge in [0.25, 0.3) is 20.2 Å². The largest absolute Gasteiger partial charge is 0.497 e. The average molecular weight is 609 g/mol. The molecule has 0 aliphatic heterocycles. The molecule has 0 saturated carbocycles. The Bertz CT molecular complexity index is 1750. The normalized spacial score (nSPS) is 12.4. The van der Waals surface area contributed by atoms with E-state index in [1.54, 1.807) is 48.5 Å². The smallest absolute Gasteiger partial charge is 0.295 e. The van der Waals surface area contributed by atoms with Gasteiger partial charge >= 0.3 is 0 Å². The molecular formula is C28H24N4O8S2. The maximum absolute atomic E-state index is 12.1. The molecule has 0 aliphatic carbocycles. The van der Waals surface area contributed by atoms with Crippen LogP contribution in [0.15, 0.2) is 115 Å². The molecule has 0 saturated heterocycles. The molecule has 2 N–H and O–H groups in total. The molecule has 0 aliphatic rings. The topological polar surface area (TPSA) is 177 Å². The lowest BCUT2D eigenvalue weighted by atomic mass is 10.1. The third-order valence-corrected chi connectivity index (χ3v) is 7.52. The molecule has 0 bridgehead atoms. The van der Waals surface area contributed by atoms with Crippen molar-refractivity contribution in [2.45, 2.75) is 9.79 Å². The highest BCUT2D eigenvalue weighted by Crippen LogP contribution is 2.29. The summed E-state index contributed by atoms with van der Waals surface area (Å²) in [6.45, 7) is 0. The number of hydrogen-bond donors (Lipinski definition) is 2. The van der Waals surface area contributed by atoms with Crippen molar-refractivity contribution in [1.82, 2.24) is 0 Å². The van der Waals surface area contributed by atoms with Crippen LogP contribution in [0.1, 0.15) is 11.1 Å². The predicted molar refractivity (Wildman–Crippen MR) is 156 cm³/mol. The van der Waals surface area contributed by atoms with Gasteiger partial charge in [-0.05, 0) is 83.9 Å². The Balaban J connectivity index is 1.63. The Morgan fingerprint density at radius 2 is 0.833 bits per heavy atom. The van der Waals surface area contributed by atoms with E-state index >= 15 is 0 Å². The number of methoxy groups -OCH3 is 2. The molecule has 0 fully saturated rings. The number of hydrogen-bond acceptors (Lipinski definition) is 10. The first-order chi connectivity index (χ1) is 20.0. The molecule has 0 atom stereocenters. The quantitative estimate of drug-likeness (QED) is 0.108.